The molecule has 0 atom stereocenters. The second-order valence-corrected chi connectivity index (χ2v) is 3.76. The number of benzene rings is 1. The van der Waals surface area contributed by atoms with Crippen LogP contribution in [0.15, 0.2) is 24.3 Å². The van der Waals surface area contributed by atoms with Gasteiger partial charge in [0.1, 0.15) is 0 Å². The summed E-state index contributed by atoms with van der Waals surface area (Å²) in [6, 6.07) is 4.40. The second-order valence-electron chi connectivity index (χ2n) is 3.76. The van der Waals surface area contributed by atoms with Crippen LogP contribution < -0.4 is 5.32 Å². The minimum absolute atomic E-state index is 0.0541. The first kappa shape index (κ1) is 16.7. The summed E-state index contributed by atoms with van der Waals surface area (Å²) in [5, 5.41) is 12.3. The number of imide groups is 1. The average molecular weight is 306 g/mol. The van der Waals surface area contributed by atoms with Crippen molar-refractivity contribution in [1.29, 1.82) is 0 Å². The predicted octanol–water partition coefficient (Wildman–Crippen LogP) is 0.0851. The van der Waals surface area contributed by atoms with E-state index < -0.39 is 28.4 Å². The quantitative estimate of drug-likeness (QED) is 0.155. The summed E-state index contributed by atoms with van der Waals surface area (Å²) in [6.45, 7) is 1.42. The van der Waals surface area contributed by atoms with E-state index in [0.717, 1.165) is 24.3 Å². The van der Waals surface area contributed by atoms with Crippen LogP contribution in [0.4, 0.5) is 5.69 Å². The first-order chi connectivity index (χ1) is 10.4. The molecule has 114 valence electrons. The number of esters is 1. The summed E-state index contributed by atoms with van der Waals surface area (Å²) in [5.74, 6) is -3.38. The lowest BCUT2D eigenvalue weighted by molar-refractivity contribution is -0.384. The molecule has 0 unspecified atom stereocenters. The minimum atomic E-state index is -1.26. The van der Waals surface area contributed by atoms with Gasteiger partial charge >= 0.3 is 17.6 Å². The van der Waals surface area contributed by atoms with Gasteiger partial charge in [-0.15, -0.1) is 0 Å². The Balaban J connectivity index is 2.83. The lowest BCUT2D eigenvalue weighted by atomic mass is 10.2. The average Bonchev–Trinajstić information content (AvgIpc) is 2.48. The number of non-ortho nitro benzene ring substituents is 1. The van der Waals surface area contributed by atoms with E-state index in [1.807, 2.05) is 0 Å². The van der Waals surface area contributed by atoms with Crippen LogP contribution in [0, 0.1) is 10.1 Å². The number of amides is 2. The molecule has 0 spiro atoms. The van der Waals surface area contributed by atoms with Crippen LogP contribution in [-0.4, -0.2) is 39.8 Å². The Labute approximate surface area is 123 Å². The highest BCUT2D eigenvalue weighted by Gasteiger charge is 2.32. The first-order valence-electron chi connectivity index (χ1n) is 5.90. The van der Waals surface area contributed by atoms with Crippen molar-refractivity contribution in [3.05, 3.63) is 45.5 Å². The fourth-order valence-electron chi connectivity index (χ4n) is 1.35. The third kappa shape index (κ3) is 4.05. The van der Waals surface area contributed by atoms with E-state index >= 15 is 0 Å². The number of hydrogen-bond acceptors (Lipinski definition) is 6. The number of carbonyl (C=O) groups is 3. The van der Waals surface area contributed by atoms with Gasteiger partial charge < -0.3 is 10.3 Å². The first-order valence-corrected chi connectivity index (χ1v) is 5.90. The van der Waals surface area contributed by atoms with E-state index in [9.17, 15) is 24.5 Å². The zero-order valence-electron chi connectivity index (χ0n) is 11.3. The molecule has 2 amide bonds. The molecular weight excluding hydrogens is 296 g/mol. The highest BCUT2D eigenvalue weighted by atomic mass is 16.6. The third-order valence-electron chi connectivity index (χ3n) is 2.35. The Bertz CT molecular complexity index is 675. The van der Waals surface area contributed by atoms with Gasteiger partial charge in [0.05, 0.1) is 11.5 Å². The van der Waals surface area contributed by atoms with Gasteiger partial charge in [-0.2, -0.15) is 4.79 Å². The molecule has 1 aromatic rings. The maximum Gasteiger partial charge on any atom is 0.463 e. The zero-order chi connectivity index (χ0) is 16.7. The molecule has 0 saturated carbocycles. The Hall–Kier alpha value is -3.39. The fraction of sp³-hybridized carbons (Fsp3) is 0.167. The van der Waals surface area contributed by atoms with Crippen molar-refractivity contribution in [1.82, 2.24) is 5.32 Å². The van der Waals surface area contributed by atoms with Gasteiger partial charge in [0.25, 0.3) is 11.6 Å². The van der Waals surface area contributed by atoms with Crippen molar-refractivity contribution in [3.63, 3.8) is 0 Å². The highest BCUT2D eigenvalue weighted by molar-refractivity contribution is 6.62. The van der Waals surface area contributed by atoms with E-state index in [2.05, 4.69) is 9.53 Å². The molecule has 0 radical (unpaired) electrons. The van der Waals surface area contributed by atoms with Crippen LogP contribution in [0.2, 0.25) is 0 Å². The highest BCUT2D eigenvalue weighted by Crippen LogP contribution is 2.11. The maximum absolute atomic E-state index is 11.7. The standard InChI is InChI=1S/C12H10N4O6/c1-2-22-12(19)9(15-13)11(18)14-10(17)7-3-5-8(6-4-7)16(20)21/h3-6H,2H2,1H3,(H,14,17,18). The number of nitro benzene ring substituents is 1. The van der Waals surface area contributed by atoms with Gasteiger partial charge in [0, 0.05) is 17.7 Å². The number of rotatable bonds is 5. The molecule has 0 fully saturated rings. The SMILES string of the molecule is CCOC(=O)C(=[N+]=[N-])C(=O)NC(=O)c1ccc([N+](=O)[O-])cc1. The molecule has 0 bridgehead atoms. The lowest BCUT2D eigenvalue weighted by Crippen LogP contribution is -2.40. The molecule has 0 aliphatic heterocycles. The summed E-state index contributed by atoms with van der Waals surface area (Å²) >= 11 is 0. The smallest absolute Gasteiger partial charge is 0.457 e. The molecule has 0 heterocycles. The monoisotopic (exact) mass is 306 g/mol. The molecular formula is C12H10N4O6. The molecule has 1 rings (SSSR count). The van der Waals surface area contributed by atoms with Gasteiger partial charge in [0.2, 0.25) is 0 Å². The van der Waals surface area contributed by atoms with Crippen LogP contribution in [0.3, 0.4) is 0 Å². The molecule has 10 nitrogen and oxygen atoms in total. The Kier molecular flexibility index (Phi) is 5.61. The van der Waals surface area contributed by atoms with Crippen LogP contribution in [0.5, 0.6) is 0 Å². The number of nitrogens with zero attached hydrogens (tertiary/aromatic N) is 3. The van der Waals surface area contributed by atoms with Crippen molar-refractivity contribution >= 4 is 29.2 Å². The zero-order valence-corrected chi connectivity index (χ0v) is 11.3. The van der Waals surface area contributed by atoms with E-state index in [0.29, 0.717) is 0 Å². The van der Waals surface area contributed by atoms with Crippen molar-refractivity contribution in [2.45, 2.75) is 6.92 Å². The summed E-state index contributed by atoms with van der Waals surface area (Å²) in [5.41, 5.74) is 7.34. The largest absolute Gasteiger partial charge is 0.463 e. The summed E-state index contributed by atoms with van der Waals surface area (Å²) < 4.78 is 4.47. The van der Waals surface area contributed by atoms with Gasteiger partial charge in [-0.25, -0.2) is 4.79 Å². The van der Waals surface area contributed by atoms with Crippen LogP contribution in [0.25, 0.3) is 5.53 Å². The third-order valence-corrected chi connectivity index (χ3v) is 2.35. The van der Waals surface area contributed by atoms with Crippen molar-refractivity contribution in [3.8, 4) is 0 Å². The molecule has 1 N–H and O–H groups in total. The normalized spacial score (nSPS) is 9.32. The second kappa shape index (κ2) is 7.41. The summed E-state index contributed by atoms with van der Waals surface area (Å²) in [6.07, 6.45) is 0. The topological polar surface area (TPSA) is 152 Å². The molecule has 10 heteroatoms. The number of nitro groups is 1. The number of hydrogen-bond donors (Lipinski definition) is 1. The maximum atomic E-state index is 11.7. The van der Waals surface area contributed by atoms with E-state index in [1.165, 1.54) is 6.92 Å². The Morgan fingerprint density at radius 3 is 2.36 bits per heavy atom. The molecule has 0 saturated heterocycles. The number of nitrogens with one attached hydrogen (secondary N) is 1. The summed E-state index contributed by atoms with van der Waals surface area (Å²) in [7, 11) is 0. The van der Waals surface area contributed by atoms with Gasteiger partial charge in [0.15, 0.2) is 0 Å². The van der Waals surface area contributed by atoms with Gasteiger partial charge in [-0.05, 0) is 19.1 Å². The van der Waals surface area contributed by atoms with E-state index in [1.54, 1.807) is 5.32 Å². The molecule has 1 aromatic carbocycles. The van der Waals surface area contributed by atoms with Gasteiger partial charge in [-0.3, -0.25) is 25.0 Å². The van der Waals surface area contributed by atoms with E-state index in [4.69, 9.17) is 5.53 Å². The van der Waals surface area contributed by atoms with Crippen LogP contribution in [0.1, 0.15) is 17.3 Å². The predicted molar refractivity (Wildman–Crippen MR) is 70.8 cm³/mol. The Morgan fingerprint density at radius 2 is 1.91 bits per heavy atom. The molecule has 22 heavy (non-hydrogen) atoms. The minimum Gasteiger partial charge on any atom is -0.457 e. The molecule has 0 aliphatic carbocycles. The van der Waals surface area contributed by atoms with Crippen LogP contribution >= 0.6 is 0 Å². The van der Waals surface area contributed by atoms with E-state index in [-0.39, 0.29) is 17.9 Å². The van der Waals surface area contributed by atoms with Crippen molar-refractivity contribution < 1.29 is 28.8 Å². The fourth-order valence-corrected chi connectivity index (χ4v) is 1.35. The lowest BCUT2D eigenvalue weighted by Gasteiger charge is -2.01. The van der Waals surface area contributed by atoms with Crippen LogP contribution in [-0.2, 0) is 14.3 Å². The Morgan fingerprint density at radius 1 is 1.32 bits per heavy atom. The van der Waals surface area contributed by atoms with Gasteiger partial charge in [-0.1, -0.05) is 0 Å². The van der Waals surface area contributed by atoms with Crippen molar-refractivity contribution in [2.75, 3.05) is 6.61 Å². The summed E-state index contributed by atoms with van der Waals surface area (Å²) in [4.78, 5) is 47.0. The number of ether oxygens (including phenoxy) is 1. The van der Waals surface area contributed by atoms with Crippen molar-refractivity contribution in [2.24, 2.45) is 0 Å². The molecule has 0 aliphatic rings. The number of carbonyl (C=O) groups excluding carboxylic acids is 3. The molecule has 0 aromatic heterocycles.